The van der Waals surface area contributed by atoms with E-state index in [-0.39, 0.29) is 0 Å². The zero-order valence-electron chi connectivity index (χ0n) is 11.4. The standard InChI is InChI=1S/C14H23N3O/c1-3-18-13-8-6-9-16-14(13)17-10-5-4-7-12(17)11-15-2/h6,8-9,12,15H,3-5,7,10-11H2,1-2H3. The van der Waals surface area contributed by atoms with Crippen molar-refractivity contribution in [3.63, 3.8) is 0 Å². The molecule has 0 aliphatic carbocycles. The highest BCUT2D eigenvalue weighted by molar-refractivity contribution is 5.53. The second-order valence-electron chi connectivity index (χ2n) is 4.66. The van der Waals surface area contributed by atoms with Gasteiger partial charge in [-0.05, 0) is 45.4 Å². The van der Waals surface area contributed by atoms with Gasteiger partial charge in [-0.25, -0.2) is 4.98 Å². The zero-order valence-corrected chi connectivity index (χ0v) is 11.4. The molecule has 1 aromatic heterocycles. The molecule has 0 amide bonds. The largest absolute Gasteiger partial charge is 0.490 e. The smallest absolute Gasteiger partial charge is 0.171 e. The summed E-state index contributed by atoms with van der Waals surface area (Å²) >= 11 is 0. The topological polar surface area (TPSA) is 37.4 Å². The van der Waals surface area contributed by atoms with Crippen molar-refractivity contribution >= 4 is 5.82 Å². The average molecular weight is 249 g/mol. The minimum atomic E-state index is 0.526. The Kier molecular flexibility index (Phi) is 4.81. The van der Waals surface area contributed by atoms with Gasteiger partial charge in [0.05, 0.1) is 6.61 Å². The van der Waals surface area contributed by atoms with Crippen molar-refractivity contribution < 1.29 is 4.74 Å². The monoisotopic (exact) mass is 249 g/mol. The van der Waals surface area contributed by atoms with Crippen molar-refractivity contribution in [2.75, 3.05) is 31.6 Å². The van der Waals surface area contributed by atoms with Crippen LogP contribution in [-0.4, -0.2) is 37.8 Å². The molecule has 1 aliphatic rings. The third kappa shape index (κ3) is 2.93. The van der Waals surface area contributed by atoms with Gasteiger partial charge in [0.1, 0.15) is 0 Å². The number of nitrogens with zero attached hydrogens (tertiary/aromatic N) is 2. The number of anilines is 1. The quantitative estimate of drug-likeness (QED) is 0.866. The molecule has 0 spiro atoms. The van der Waals surface area contributed by atoms with E-state index >= 15 is 0 Å². The number of ether oxygens (including phenoxy) is 1. The summed E-state index contributed by atoms with van der Waals surface area (Å²) in [5.41, 5.74) is 0. The fourth-order valence-electron chi connectivity index (χ4n) is 2.59. The van der Waals surface area contributed by atoms with Crippen LogP contribution in [0, 0.1) is 0 Å². The van der Waals surface area contributed by atoms with Crippen molar-refractivity contribution in [3.8, 4) is 5.75 Å². The van der Waals surface area contributed by atoms with Crippen molar-refractivity contribution in [2.45, 2.75) is 32.2 Å². The second-order valence-corrected chi connectivity index (χ2v) is 4.66. The van der Waals surface area contributed by atoms with E-state index in [0.717, 1.165) is 24.7 Å². The van der Waals surface area contributed by atoms with Crippen LogP contribution >= 0.6 is 0 Å². The van der Waals surface area contributed by atoms with Crippen LogP contribution in [0.2, 0.25) is 0 Å². The van der Waals surface area contributed by atoms with E-state index < -0.39 is 0 Å². The molecule has 1 atom stereocenters. The van der Waals surface area contributed by atoms with Crippen LogP contribution in [0.5, 0.6) is 5.75 Å². The van der Waals surface area contributed by atoms with Crippen LogP contribution in [0.25, 0.3) is 0 Å². The molecule has 1 saturated heterocycles. The third-order valence-corrected chi connectivity index (χ3v) is 3.39. The van der Waals surface area contributed by atoms with Crippen LogP contribution in [-0.2, 0) is 0 Å². The molecule has 100 valence electrons. The minimum Gasteiger partial charge on any atom is -0.490 e. The number of piperidine rings is 1. The number of hydrogen-bond donors (Lipinski definition) is 1. The van der Waals surface area contributed by atoms with Crippen molar-refractivity contribution in [2.24, 2.45) is 0 Å². The SMILES string of the molecule is CCOc1cccnc1N1CCCCC1CNC. The first kappa shape index (κ1) is 13.1. The Labute approximate surface area is 109 Å². The first-order chi connectivity index (χ1) is 8.86. The summed E-state index contributed by atoms with van der Waals surface area (Å²) in [6.45, 7) is 4.77. The second kappa shape index (κ2) is 6.59. The van der Waals surface area contributed by atoms with E-state index in [1.807, 2.05) is 32.3 Å². The molecule has 0 saturated carbocycles. The van der Waals surface area contributed by atoms with Gasteiger partial charge in [-0.2, -0.15) is 0 Å². The summed E-state index contributed by atoms with van der Waals surface area (Å²) in [6, 6.07) is 4.47. The maximum absolute atomic E-state index is 5.69. The van der Waals surface area contributed by atoms with Gasteiger partial charge in [0.25, 0.3) is 0 Å². The predicted octanol–water partition coefficient (Wildman–Crippen LogP) is 2.06. The summed E-state index contributed by atoms with van der Waals surface area (Å²) in [7, 11) is 2.01. The fourth-order valence-corrected chi connectivity index (χ4v) is 2.59. The Morgan fingerprint density at radius 2 is 2.39 bits per heavy atom. The van der Waals surface area contributed by atoms with Gasteiger partial charge in [0, 0.05) is 25.3 Å². The first-order valence-electron chi connectivity index (χ1n) is 6.86. The lowest BCUT2D eigenvalue weighted by atomic mass is 10.0. The van der Waals surface area contributed by atoms with Gasteiger partial charge >= 0.3 is 0 Å². The fraction of sp³-hybridized carbons (Fsp3) is 0.643. The lowest BCUT2D eigenvalue weighted by Crippen LogP contribution is -2.45. The molecule has 2 rings (SSSR count). The summed E-state index contributed by atoms with van der Waals surface area (Å²) in [6.07, 6.45) is 5.62. The third-order valence-electron chi connectivity index (χ3n) is 3.39. The van der Waals surface area contributed by atoms with Crippen molar-refractivity contribution in [3.05, 3.63) is 18.3 Å². The average Bonchev–Trinajstić information content (AvgIpc) is 2.41. The summed E-state index contributed by atoms with van der Waals surface area (Å²) in [5, 5.41) is 3.28. The molecule has 1 unspecified atom stereocenters. The predicted molar refractivity (Wildman–Crippen MR) is 74.3 cm³/mol. The van der Waals surface area contributed by atoms with Gasteiger partial charge in [0.2, 0.25) is 0 Å². The molecule has 0 aromatic carbocycles. The molecule has 2 heterocycles. The Morgan fingerprint density at radius 1 is 1.50 bits per heavy atom. The minimum absolute atomic E-state index is 0.526. The summed E-state index contributed by atoms with van der Waals surface area (Å²) in [5.74, 6) is 1.90. The highest BCUT2D eigenvalue weighted by Crippen LogP contribution is 2.30. The number of aromatic nitrogens is 1. The van der Waals surface area contributed by atoms with E-state index in [9.17, 15) is 0 Å². The molecule has 1 aliphatic heterocycles. The van der Waals surface area contributed by atoms with Crippen LogP contribution in [0.4, 0.5) is 5.82 Å². The Morgan fingerprint density at radius 3 is 3.17 bits per heavy atom. The number of likely N-dealkylation sites (N-methyl/N-ethyl adjacent to an activating group) is 1. The number of nitrogens with one attached hydrogen (secondary N) is 1. The Balaban J connectivity index is 2.21. The van der Waals surface area contributed by atoms with E-state index in [4.69, 9.17) is 4.74 Å². The summed E-state index contributed by atoms with van der Waals surface area (Å²) in [4.78, 5) is 6.92. The first-order valence-corrected chi connectivity index (χ1v) is 6.86. The van der Waals surface area contributed by atoms with Gasteiger partial charge in [-0.3, -0.25) is 0 Å². The Bertz CT molecular complexity index is 368. The molecule has 1 aromatic rings. The van der Waals surface area contributed by atoms with Gasteiger partial charge in [-0.15, -0.1) is 0 Å². The van der Waals surface area contributed by atoms with Gasteiger partial charge in [-0.1, -0.05) is 0 Å². The molecule has 1 fully saturated rings. The number of pyridine rings is 1. The highest BCUT2D eigenvalue weighted by Gasteiger charge is 2.25. The van der Waals surface area contributed by atoms with Gasteiger partial charge < -0.3 is 15.0 Å². The number of rotatable bonds is 5. The van der Waals surface area contributed by atoms with Crippen LogP contribution in [0.1, 0.15) is 26.2 Å². The van der Waals surface area contributed by atoms with Crippen LogP contribution < -0.4 is 15.0 Å². The lowest BCUT2D eigenvalue weighted by Gasteiger charge is -2.37. The maximum Gasteiger partial charge on any atom is 0.171 e. The summed E-state index contributed by atoms with van der Waals surface area (Å²) < 4.78 is 5.69. The van der Waals surface area contributed by atoms with Gasteiger partial charge in [0.15, 0.2) is 11.6 Å². The Hall–Kier alpha value is -1.29. The van der Waals surface area contributed by atoms with E-state index in [1.54, 1.807) is 0 Å². The number of hydrogen-bond acceptors (Lipinski definition) is 4. The van der Waals surface area contributed by atoms with E-state index in [0.29, 0.717) is 12.6 Å². The molecule has 0 bridgehead atoms. The van der Waals surface area contributed by atoms with Crippen LogP contribution in [0.15, 0.2) is 18.3 Å². The molecule has 1 N–H and O–H groups in total. The van der Waals surface area contributed by atoms with Crippen LogP contribution in [0.3, 0.4) is 0 Å². The molecule has 0 radical (unpaired) electrons. The van der Waals surface area contributed by atoms with Crippen molar-refractivity contribution in [1.29, 1.82) is 0 Å². The lowest BCUT2D eigenvalue weighted by molar-refractivity contribution is 0.335. The zero-order chi connectivity index (χ0) is 12.8. The highest BCUT2D eigenvalue weighted by atomic mass is 16.5. The van der Waals surface area contributed by atoms with E-state index in [2.05, 4.69) is 15.2 Å². The van der Waals surface area contributed by atoms with E-state index in [1.165, 1.54) is 19.3 Å². The van der Waals surface area contributed by atoms with Crippen molar-refractivity contribution in [1.82, 2.24) is 10.3 Å². The maximum atomic E-state index is 5.69. The molecule has 4 nitrogen and oxygen atoms in total. The normalized spacial score (nSPS) is 19.9. The molecule has 4 heteroatoms. The molecular weight excluding hydrogens is 226 g/mol. The molecular formula is C14H23N3O. The molecule has 18 heavy (non-hydrogen) atoms.